The first-order valence-electron chi connectivity index (χ1n) is 6.65. The van der Waals surface area contributed by atoms with E-state index in [1.165, 1.54) is 0 Å². The lowest BCUT2D eigenvalue weighted by Gasteiger charge is -2.50. The number of hydrogen-bond donors (Lipinski definition) is 1. The Kier molecular flexibility index (Phi) is 2.99. The summed E-state index contributed by atoms with van der Waals surface area (Å²) in [4.78, 5) is 26.8. The Balaban J connectivity index is 2.40. The number of amides is 2. The average Bonchev–Trinajstić information content (AvgIpc) is 3.16. The fourth-order valence-corrected chi connectivity index (χ4v) is 2.75. The van der Waals surface area contributed by atoms with Crippen LogP contribution in [0.5, 0.6) is 0 Å². The summed E-state index contributed by atoms with van der Waals surface area (Å²) < 4.78 is 0. The van der Waals surface area contributed by atoms with Crippen molar-refractivity contribution in [1.82, 2.24) is 10.2 Å². The van der Waals surface area contributed by atoms with Crippen molar-refractivity contribution in [1.29, 1.82) is 0 Å². The molecule has 2 atom stereocenters. The number of carbonyl (C=O) groups is 2. The molecule has 0 aromatic heterocycles. The van der Waals surface area contributed by atoms with Crippen LogP contribution in [0.4, 0.5) is 0 Å². The van der Waals surface area contributed by atoms with Crippen LogP contribution in [-0.4, -0.2) is 34.3 Å². The first-order chi connectivity index (χ1) is 8.40. The number of piperazine rings is 1. The van der Waals surface area contributed by atoms with Gasteiger partial charge in [0.15, 0.2) is 0 Å². The first-order valence-corrected chi connectivity index (χ1v) is 6.65. The second-order valence-corrected chi connectivity index (χ2v) is 5.77. The molecule has 0 spiro atoms. The van der Waals surface area contributed by atoms with Crippen molar-refractivity contribution in [2.24, 2.45) is 5.92 Å². The first kappa shape index (κ1) is 13.1. The van der Waals surface area contributed by atoms with Crippen molar-refractivity contribution in [2.75, 3.05) is 6.54 Å². The zero-order valence-electron chi connectivity index (χ0n) is 11.5. The zero-order chi connectivity index (χ0) is 13.6. The second kappa shape index (κ2) is 4.11. The Hall–Kier alpha value is -1.32. The van der Waals surface area contributed by atoms with Gasteiger partial charge in [0.2, 0.25) is 11.8 Å². The summed E-state index contributed by atoms with van der Waals surface area (Å²) in [6.45, 7) is 9.75. The molecular formula is C14H22N2O2. The highest BCUT2D eigenvalue weighted by molar-refractivity contribution is 6.02. The van der Waals surface area contributed by atoms with Crippen molar-refractivity contribution >= 4 is 11.8 Å². The molecule has 2 unspecified atom stereocenters. The van der Waals surface area contributed by atoms with Crippen molar-refractivity contribution in [2.45, 2.75) is 51.1 Å². The summed E-state index contributed by atoms with van der Waals surface area (Å²) in [5.74, 6) is 0.289. The maximum Gasteiger partial charge on any atom is 0.249 e. The third-order valence-corrected chi connectivity index (χ3v) is 4.52. The van der Waals surface area contributed by atoms with Crippen molar-refractivity contribution in [3.05, 3.63) is 12.7 Å². The van der Waals surface area contributed by atoms with Crippen LogP contribution in [0.15, 0.2) is 12.7 Å². The molecule has 0 aromatic rings. The van der Waals surface area contributed by atoms with E-state index in [9.17, 15) is 9.59 Å². The molecule has 4 nitrogen and oxygen atoms in total. The maximum absolute atomic E-state index is 12.6. The van der Waals surface area contributed by atoms with Crippen LogP contribution in [0.2, 0.25) is 0 Å². The standard InChI is InChI=1S/C14H22N2O2/c1-5-9-16-12(18)13(3,6-2)15-11(17)14(16,4)10-7-8-10/h5,10H,1,6-9H2,2-4H3,(H,15,17). The maximum atomic E-state index is 12.6. The second-order valence-electron chi connectivity index (χ2n) is 5.77. The monoisotopic (exact) mass is 250 g/mol. The number of nitrogens with zero attached hydrogens (tertiary/aromatic N) is 1. The minimum absolute atomic E-state index is 0.0129. The third kappa shape index (κ3) is 1.66. The van der Waals surface area contributed by atoms with E-state index in [0.717, 1.165) is 12.8 Å². The van der Waals surface area contributed by atoms with E-state index in [1.54, 1.807) is 17.9 Å². The molecule has 1 saturated carbocycles. The molecule has 2 amide bonds. The van der Waals surface area contributed by atoms with Crippen molar-refractivity contribution in [3.8, 4) is 0 Å². The summed E-state index contributed by atoms with van der Waals surface area (Å²) in [5, 5.41) is 2.93. The molecule has 4 heteroatoms. The molecule has 1 saturated heterocycles. The van der Waals surface area contributed by atoms with Gasteiger partial charge in [-0.25, -0.2) is 0 Å². The molecule has 2 rings (SSSR count). The topological polar surface area (TPSA) is 49.4 Å². The van der Waals surface area contributed by atoms with Gasteiger partial charge in [-0.2, -0.15) is 0 Å². The quantitative estimate of drug-likeness (QED) is 0.768. The molecule has 0 aromatic carbocycles. The molecule has 1 aliphatic heterocycles. The van der Waals surface area contributed by atoms with E-state index < -0.39 is 11.1 Å². The van der Waals surface area contributed by atoms with Gasteiger partial charge in [0.05, 0.1) is 0 Å². The molecular weight excluding hydrogens is 228 g/mol. The zero-order valence-corrected chi connectivity index (χ0v) is 11.5. The predicted octanol–water partition coefficient (Wildman–Crippen LogP) is 1.47. The van der Waals surface area contributed by atoms with Crippen molar-refractivity contribution in [3.63, 3.8) is 0 Å². The molecule has 100 valence electrons. The van der Waals surface area contributed by atoms with Crippen LogP contribution in [0.1, 0.15) is 40.0 Å². The molecule has 1 aliphatic carbocycles. The van der Waals surface area contributed by atoms with E-state index in [0.29, 0.717) is 18.9 Å². The van der Waals surface area contributed by atoms with E-state index in [-0.39, 0.29) is 11.8 Å². The lowest BCUT2D eigenvalue weighted by atomic mass is 9.82. The molecule has 1 N–H and O–H groups in total. The van der Waals surface area contributed by atoms with Crippen LogP contribution in [0.25, 0.3) is 0 Å². The van der Waals surface area contributed by atoms with Crippen molar-refractivity contribution < 1.29 is 9.59 Å². The number of rotatable bonds is 4. The SMILES string of the molecule is C=CCN1C(=O)C(C)(CC)NC(=O)C1(C)C1CC1. The summed E-state index contributed by atoms with van der Waals surface area (Å²) >= 11 is 0. The lowest BCUT2D eigenvalue weighted by Crippen LogP contribution is -2.74. The lowest BCUT2D eigenvalue weighted by molar-refractivity contribution is -0.162. The Bertz CT molecular complexity index is 403. The molecule has 0 bridgehead atoms. The molecule has 0 radical (unpaired) electrons. The highest BCUT2D eigenvalue weighted by Gasteiger charge is 2.59. The van der Waals surface area contributed by atoms with Crippen LogP contribution in [0, 0.1) is 5.92 Å². The summed E-state index contributed by atoms with van der Waals surface area (Å²) in [7, 11) is 0. The summed E-state index contributed by atoms with van der Waals surface area (Å²) in [6.07, 6.45) is 4.35. The Labute approximate surface area is 108 Å². The fraction of sp³-hybridized carbons (Fsp3) is 0.714. The van der Waals surface area contributed by atoms with Gasteiger partial charge < -0.3 is 10.2 Å². The normalized spacial score (nSPS) is 36.5. The van der Waals surface area contributed by atoms with E-state index in [2.05, 4.69) is 11.9 Å². The van der Waals surface area contributed by atoms with E-state index in [1.807, 2.05) is 13.8 Å². The van der Waals surface area contributed by atoms with Crippen LogP contribution in [-0.2, 0) is 9.59 Å². The predicted molar refractivity (Wildman–Crippen MR) is 69.9 cm³/mol. The van der Waals surface area contributed by atoms with E-state index in [4.69, 9.17) is 0 Å². The highest BCUT2D eigenvalue weighted by atomic mass is 16.2. The van der Waals surface area contributed by atoms with Gasteiger partial charge in [0.25, 0.3) is 0 Å². The average molecular weight is 250 g/mol. The molecule has 2 aliphatic rings. The van der Waals surface area contributed by atoms with E-state index >= 15 is 0 Å². The Morgan fingerprint density at radius 1 is 1.44 bits per heavy atom. The van der Waals surface area contributed by atoms with Crippen LogP contribution >= 0.6 is 0 Å². The van der Waals surface area contributed by atoms with Crippen LogP contribution in [0.3, 0.4) is 0 Å². The van der Waals surface area contributed by atoms with Gasteiger partial charge in [-0.15, -0.1) is 6.58 Å². The van der Waals surface area contributed by atoms with Gasteiger partial charge >= 0.3 is 0 Å². The summed E-state index contributed by atoms with van der Waals surface area (Å²) in [6, 6.07) is 0. The third-order valence-electron chi connectivity index (χ3n) is 4.52. The number of carbonyl (C=O) groups excluding carboxylic acids is 2. The fourth-order valence-electron chi connectivity index (χ4n) is 2.75. The molecule has 18 heavy (non-hydrogen) atoms. The number of hydrogen-bond acceptors (Lipinski definition) is 2. The van der Waals surface area contributed by atoms with Gasteiger partial charge in [-0.05, 0) is 39.0 Å². The molecule has 1 heterocycles. The van der Waals surface area contributed by atoms with Gasteiger partial charge in [0, 0.05) is 6.54 Å². The largest absolute Gasteiger partial charge is 0.340 e. The van der Waals surface area contributed by atoms with Gasteiger partial charge in [0.1, 0.15) is 11.1 Å². The number of nitrogens with one attached hydrogen (secondary N) is 1. The summed E-state index contributed by atoms with van der Waals surface area (Å²) in [5.41, 5.74) is -1.46. The highest BCUT2D eigenvalue weighted by Crippen LogP contribution is 2.45. The Morgan fingerprint density at radius 2 is 2.06 bits per heavy atom. The smallest absolute Gasteiger partial charge is 0.249 e. The van der Waals surface area contributed by atoms with Gasteiger partial charge in [-0.3, -0.25) is 9.59 Å². The minimum atomic E-state index is -0.769. The van der Waals surface area contributed by atoms with Gasteiger partial charge in [-0.1, -0.05) is 13.0 Å². The Morgan fingerprint density at radius 3 is 2.50 bits per heavy atom. The van der Waals surface area contributed by atoms with Crippen LogP contribution < -0.4 is 5.32 Å². The molecule has 2 fully saturated rings. The minimum Gasteiger partial charge on any atom is -0.340 e.